The molecule has 30 heavy (non-hydrogen) atoms. The Hall–Kier alpha value is -1.95. The van der Waals surface area contributed by atoms with Crippen molar-refractivity contribution in [1.29, 1.82) is 0 Å². The zero-order valence-electron chi connectivity index (χ0n) is 17.2. The van der Waals surface area contributed by atoms with Crippen LogP contribution in [0, 0.1) is 0 Å². The molecule has 0 aliphatic carbocycles. The lowest BCUT2D eigenvalue weighted by Gasteiger charge is -2.43. The van der Waals surface area contributed by atoms with Gasteiger partial charge in [-0.05, 0) is 49.7 Å². The number of halogens is 2. The summed E-state index contributed by atoms with van der Waals surface area (Å²) in [4.78, 5) is 17.6. The molecule has 7 heteroatoms. The molecular formula is C23H26Cl2N2O3. The summed E-state index contributed by atoms with van der Waals surface area (Å²) in [6.07, 6.45) is 2.61. The summed E-state index contributed by atoms with van der Waals surface area (Å²) >= 11 is 12.2. The minimum atomic E-state index is -0.114. The SMILES string of the molecule is COc1cccc2c1OC[C@H](N1CCCC1)[C@H]2N(C)C(=O)Cc1ccc(Cl)c(Cl)c1. The molecular weight excluding hydrogens is 423 g/mol. The highest BCUT2D eigenvalue weighted by Gasteiger charge is 2.40. The Balaban J connectivity index is 1.65. The van der Waals surface area contributed by atoms with E-state index in [2.05, 4.69) is 4.90 Å². The molecule has 0 spiro atoms. The van der Waals surface area contributed by atoms with E-state index in [1.165, 1.54) is 12.8 Å². The van der Waals surface area contributed by atoms with Gasteiger partial charge in [-0.1, -0.05) is 41.4 Å². The fraction of sp³-hybridized carbons (Fsp3) is 0.435. The molecule has 160 valence electrons. The van der Waals surface area contributed by atoms with Crippen molar-refractivity contribution in [3.05, 3.63) is 57.6 Å². The number of ether oxygens (including phenoxy) is 2. The molecule has 2 aromatic rings. The van der Waals surface area contributed by atoms with E-state index in [0.29, 0.717) is 22.4 Å². The Morgan fingerprint density at radius 1 is 1.20 bits per heavy atom. The number of carbonyl (C=O) groups is 1. The summed E-state index contributed by atoms with van der Waals surface area (Å²) in [6, 6.07) is 11.2. The average Bonchev–Trinajstić information content (AvgIpc) is 3.29. The van der Waals surface area contributed by atoms with E-state index in [1.807, 2.05) is 36.2 Å². The van der Waals surface area contributed by atoms with Crippen LogP contribution in [0.5, 0.6) is 11.5 Å². The topological polar surface area (TPSA) is 42.0 Å². The molecule has 2 aliphatic heterocycles. The van der Waals surface area contributed by atoms with Crippen molar-refractivity contribution < 1.29 is 14.3 Å². The summed E-state index contributed by atoms with van der Waals surface area (Å²) in [6.45, 7) is 2.58. The monoisotopic (exact) mass is 448 g/mol. The van der Waals surface area contributed by atoms with Gasteiger partial charge in [0.2, 0.25) is 5.91 Å². The number of methoxy groups -OCH3 is 1. The van der Waals surface area contributed by atoms with Crippen LogP contribution in [-0.2, 0) is 11.2 Å². The normalized spacial score (nSPS) is 21.1. The van der Waals surface area contributed by atoms with Crippen molar-refractivity contribution in [3.8, 4) is 11.5 Å². The number of benzene rings is 2. The van der Waals surface area contributed by atoms with E-state index >= 15 is 0 Å². The second-order valence-corrected chi connectivity index (χ2v) is 8.69. The van der Waals surface area contributed by atoms with Crippen LogP contribution in [0.1, 0.15) is 30.0 Å². The van der Waals surface area contributed by atoms with Gasteiger partial charge in [0.05, 0.1) is 35.7 Å². The number of likely N-dealkylation sites (N-methyl/N-ethyl adjacent to an activating group) is 1. The average molecular weight is 449 g/mol. The zero-order chi connectivity index (χ0) is 21.3. The number of amides is 1. The maximum atomic E-state index is 13.3. The third-order valence-electron chi connectivity index (χ3n) is 6.07. The largest absolute Gasteiger partial charge is 0.493 e. The lowest BCUT2D eigenvalue weighted by molar-refractivity contribution is -0.133. The molecule has 2 aliphatic rings. The Bertz CT molecular complexity index is 931. The summed E-state index contributed by atoms with van der Waals surface area (Å²) in [7, 11) is 3.52. The van der Waals surface area contributed by atoms with E-state index in [9.17, 15) is 4.79 Å². The van der Waals surface area contributed by atoms with Gasteiger partial charge < -0.3 is 14.4 Å². The van der Waals surface area contributed by atoms with Gasteiger partial charge in [-0.2, -0.15) is 0 Å². The molecule has 2 heterocycles. The van der Waals surface area contributed by atoms with Crippen molar-refractivity contribution in [3.63, 3.8) is 0 Å². The second-order valence-electron chi connectivity index (χ2n) is 7.87. The van der Waals surface area contributed by atoms with Crippen molar-refractivity contribution in [2.75, 3.05) is 33.9 Å². The highest BCUT2D eigenvalue weighted by molar-refractivity contribution is 6.42. The van der Waals surface area contributed by atoms with Gasteiger partial charge >= 0.3 is 0 Å². The van der Waals surface area contributed by atoms with E-state index < -0.39 is 0 Å². The Labute approximate surface area is 187 Å². The van der Waals surface area contributed by atoms with E-state index in [0.717, 1.165) is 30.0 Å². The van der Waals surface area contributed by atoms with E-state index in [1.54, 1.807) is 19.2 Å². The minimum absolute atomic E-state index is 0.0262. The maximum absolute atomic E-state index is 13.3. The Morgan fingerprint density at radius 3 is 2.67 bits per heavy atom. The van der Waals surface area contributed by atoms with Crippen LogP contribution in [0.2, 0.25) is 10.0 Å². The van der Waals surface area contributed by atoms with Crippen LogP contribution in [0.4, 0.5) is 0 Å². The molecule has 0 unspecified atom stereocenters. The molecule has 1 saturated heterocycles. The predicted molar refractivity (Wildman–Crippen MR) is 119 cm³/mol. The lowest BCUT2D eigenvalue weighted by atomic mass is 9.93. The summed E-state index contributed by atoms with van der Waals surface area (Å²) < 4.78 is 11.7. The van der Waals surface area contributed by atoms with Crippen molar-refractivity contribution >= 4 is 29.1 Å². The zero-order valence-corrected chi connectivity index (χ0v) is 18.7. The van der Waals surface area contributed by atoms with Gasteiger partial charge in [0.1, 0.15) is 6.61 Å². The number of hydrogen-bond donors (Lipinski definition) is 0. The first-order chi connectivity index (χ1) is 14.5. The molecule has 1 fully saturated rings. The molecule has 2 aromatic carbocycles. The van der Waals surface area contributed by atoms with Crippen LogP contribution >= 0.6 is 23.2 Å². The van der Waals surface area contributed by atoms with E-state index in [-0.39, 0.29) is 24.4 Å². The molecule has 0 N–H and O–H groups in total. The van der Waals surface area contributed by atoms with Gasteiger partial charge in [-0.15, -0.1) is 0 Å². The van der Waals surface area contributed by atoms with Gasteiger partial charge in [-0.3, -0.25) is 9.69 Å². The third kappa shape index (κ3) is 4.11. The standard InChI is InChI=1S/C23H26Cl2N2O3/c1-26(21(28)13-15-8-9-17(24)18(25)12-15)22-16-6-5-7-20(29-2)23(16)30-14-19(22)27-10-3-4-11-27/h5-9,12,19,22H,3-4,10-11,13-14H2,1-2H3/t19-,22-/m0/s1. The van der Waals surface area contributed by atoms with Gasteiger partial charge in [0, 0.05) is 12.6 Å². The summed E-state index contributed by atoms with van der Waals surface area (Å²) in [5.74, 6) is 1.45. The Morgan fingerprint density at radius 2 is 1.97 bits per heavy atom. The summed E-state index contributed by atoms with van der Waals surface area (Å²) in [5, 5.41) is 0.946. The van der Waals surface area contributed by atoms with Crippen LogP contribution < -0.4 is 9.47 Å². The number of para-hydroxylation sites is 1. The van der Waals surface area contributed by atoms with Crippen molar-refractivity contribution in [1.82, 2.24) is 9.80 Å². The van der Waals surface area contributed by atoms with Crippen LogP contribution in [0.25, 0.3) is 0 Å². The van der Waals surface area contributed by atoms with Crippen molar-refractivity contribution in [2.24, 2.45) is 0 Å². The molecule has 0 saturated carbocycles. The molecule has 4 rings (SSSR count). The Kier molecular flexibility index (Phi) is 6.42. The number of rotatable bonds is 5. The molecule has 0 radical (unpaired) electrons. The fourth-order valence-corrected chi connectivity index (χ4v) is 4.82. The third-order valence-corrected chi connectivity index (χ3v) is 6.81. The first-order valence-corrected chi connectivity index (χ1v) is 11.0. The van der Waals surface area contributed by atoms with Crippen LogP contribution in [-0.4, -0.2) is 55.6 Å². The fourth-order valence-electron chi connectivity index (χ4n) is 4.50. The van der Waals surface area contributed by atoms with Gasteiger partial charge in [0.15, 0.2) is 11.5 Å². The number of carbonyl (C=O) groups excluding carboxylic acids is 1. The van der Waals surface area contributed by atoms with Gasteiger partial charge in [-0.25, -0.2) is 0 Å². The quantitative estimate of drug-likeness (QED) is 0.669. The minimum Gasteiger partial charge on any atom is -0.493 e. The molecule has 2 atom stereocenters. The molecule has 5 nitrogen and oxygen atoms in total. The highest BCUT2D eigenvalue weighted by atomic mass is 35.5. The summed E-state index contributed by atoms with van der Waals surface area (Å²) in [5.41, 5.74) is 1.83. The van der Waals surface area contributed by atoms with Crippen LogP contribution in [0.15, 0.2) is 36.4 Å². The number of likely N-dealkylation sites (tertiary alicyclic amines) is 1. The molecule has 0 bridgehead atoms. The van der Waals surface area contributed by atoms with Crippen LogP contribution in [0.3, 0.4) is 0 Å². The maximum Gasteiger partial charge on any atom is 0.227 e. The molecule has 0 aromatic heterocycles. The molecule has 1 amide bonds. The number of fused-ring (bicyclic) bond motifs is 1. The highest BCUT2D eigenvalue weighted by Crippen LogP contribution is 2.43. The van der Waals surface area contributed by atoms with Gasteiger partial charge in [0.25, 0.3) is 0 Å². The second kappa shape index (κ2) is 9.04. The van der Waals surface area contributed by atoms with Crippen molar-refractivity contribution in [2.45, 2.75) is 31.3 Å². The first kappa shape index (κ1) is 21.3. The predicted octanol–water partition coefficient (Wildman–Crippen LogP) is 4.60. The number of nitrogens with zero attached hydrogens (tertiary/aromatic N) is 2. The number of hydrogen-bond acceptors (Lipinski definition) is 4. The smallest absolute Gasteiger partial charge is 0.227 e. The first-order valence-electron chi connectivity index (χ1n) is 10.2. The van der Waals surface area contributed by atoms with E-state index in [4.69, 9.17) is 32.7 Å². The lowest BCUT2D eigenvalue weighted by Crippen LogP contribution is -2.51.